The highest BCUT2D eigenvalue weighted by Crippen LogP contribution is 2.38. The Labute approximate surface area is 132 Å². The topological polar surface area (TPSA) is 41.6 Å². The quantitative estimate of drug-likeness (QED) is 0.822. The van der Waals surface area contributed by atoms with Crippen LogP contribution in [0, 0.1) is 0 Å². The molecule has 2 heterocycles. The molecule has 1 atom stereocenters. The molecular formula is C13H11Br2N3S. The minimum atomic E-state index is 0.170. The van der Waals surface area contributed by atoms with Gasteiger partial charge in [-0.2, -0.15) is 0 Å². The Morgan fingerprint density at radius 3 is 2.84 bits per heavy atom. The fourth-order valence-electron chi connectivity index (χ4n) is 2.18. The Hall–Kier alpha value is -0.850. The molecule has 6 heteroatoms. The van der Waals surface area contributed by atoms with E-state index in [0.717, 1.165) is 14.6 Å². The van der Waals surface area contributed by atoms with Gasteiger partial charge in [-0.15, -0.1) is 11.3 Å². The van der Waals surface area contributed by atoms with Gasteiger partial charge in [0.2, 0.25) is 0 Å². The molecule has 2 N–H and O–H groups in total. The molecule has 2 aromatic rings. The molecular weight excluding hydrogens is 390 g/mol. The van der Waals surface area contributed by atoms with Crippen LogP contribution in [0.25, 0.3) is 0 Å². The summed E-state index contributed by atoms with van der Waals surface area (Å²) in [5.74, 6) is 0.573. The number of hydrogen-bond acceptors (Lipinski definition) is 4. The summed E-state index contributed by atoms with van der Waals surface area (Å²) < 4.78 is 2.15. The number of thiophene rings is 1. The Kier molecular flexibility index (Phi) is 3.64. The van der Waals surface area contributed by atoms with Crippen LogP contribution in [0.5, 0.6) is 0 Å². The molecule has 1 aliphatic heterocycles. The highest BCUT2D eigenvalue weighted by molar-refractivity contribution is 9.10. The minimum absolute atomic E-state index is 0.170. The number of anilines is 1. The Morgan fingerprint density at radius 1 is 1.32 bits per heavy atom. The van der Waals surface area contributed by atoms with Crippen LogP contribution in [0.15, 0.2) is 49.6 Å². The largest absolute Gasteiger partial charge is 0.369 e. The summed E-state index contributed by atoms with van der Waals surface area (Å²) in [7, 11) is 0. The molecule has 0 fully saturated rings. The van der Waals surface area contributed by atoms with Crippen LogP contribution in [-0.4, -0.2) is 12.5 Å². The lowest BCUT2D eigenvalue weighted by Crippen LogP contribution is -2.35. The lowest BCUT2D eigenvalue weighted by Gasteiger charge is -2.26. The van der Waals surface area contributed by atoms with Gasteiger partial charge >= 0.3 is 0 Å². The molecule has 1 unspecified atom stereocenters. The van der Waals surface area contributed by atoms with E-state index >= 15 is 0 Å². The Bertz CT molecular complexity index is 638. The van der Waals surface area contributed by atoms with Gasteiger partial charge in [-0.1, -0.05) is 22.0 Å². The van der Waals surface area contributed by atoms with E-state index in [1.807, 2.05) is 18.2 Å². The van der Waals surface area contributed by atoms with Crippen molar-refractivity contribution in [2.24, 2.45) is 10.7 Å². The van der Waals surface area contributed by atoms with Crippen LogP contribution in [0.4, 0.5) is 5.69 Å². The summed E-state index contributed by atoms with van der Waals surface area (Å²) in [5, 5.41) is 2.08. The molecule has 3 rings (SSSR count). The third-order valence-corrected chi connectivity index (χ3v) is 5.48. The first kappa shape index (κ1) is 13.1. The monoisotopic (exact) mass is 399 g/mol. The average molecular weight is 401 g/mol. The van der Waals surface area contributed by atoms with Crippen molar-refractivity contribution in [1.29, 1.82) is 0 Å². The van der Waals surface area contributed by atoms with Crippen molar-refractivity contribution < 1.29 is 0 Å². The number of nitrogens with two attached hydrogens (primary N) is 1. The van der Waals surface area contributed by atoms with Crippen molar-refractivity contribution >= 4 is 54.8 Å². The van der Waals surface area contributed by atoms with E-state index in [0.29, 0.717) is 12.5 Å². The number of aliphatic imine (C=N–C) groups is 1. The van der Waals surface area contributed by atoms with Gasteiger partial charge in [0, 0.05) is 19.5 Å². The van der Waals surface area contributed by atoms with Gasteiger partial charge in [-0.05, 0) is 45.6 Å². The lowest BCUT2D eigenvalue weighted by molar-refractivity contribution is 0.781. The predicted molar refractivity (Wildman–Crippen MR) is 87.9 cm³/mol. The van der Waals surface area contributed by atoms with Crippen molar-refractivity contribution in [2.45, 2.75) is 6.04 Å². The number of guanidine groups is 1. The normalized spacial score (nSPS) is 18.7. The van der Waals surface area contributed by atoms with Crippen LogP contribution in [0.2, 0.25) is 0 Å². The maximum atomic E-state index is 6.06. The first-order chi connectivity index (χ1) is 9.16. The minimum Gasteiger partial charge on any atom is -0.369 e. The van der Waals surface area contributed by atoms with E-state index in [-0.39, 0.29) is 6.04 Å². The second kappa shape index (κ2) is 5.26. The number of nitrogens with zero attached hydrogens (tertiary/aromatic N) is 2. The number of benzene rings is 1. The molecule has 0 radical (unpaired) electrons. The van der Waals surface area contributed by atoms with Crippen LogP contribution in [-0.2, 0) is 0 Å². The summed E-state index contributed by atoms with van der Waals surface area (Å²) in [6.45, 7) is 0.692. The van der Waals surface area contributed by atoms with Gasteiger partial charge in [0.1, 0.15) is 0 Å². The van der Waals surface area contributed by atoms with Crippen molar-refractivity contribution in [3.05, 3.63) is 49.5 Å². The summed E-state index contributed by atoms with van der Waals surface area (Å²) in [4.78, 5) is 7.73. The Morgan fingerprint density at radius 2 is 2.16 bits per heavy atom. The average Bonchev–Trinajstić information content (AvgIpc) is 2.95. The van der Waals surface area contributed by atoms with E-state index in [4.69, 9.17) is 5.73 Å². The van der Waals surface area contributed by atoms with Crippen LogP contribution >= 0.6 is 43.2 Å². The van der Waals surface area contributed by atoms with Crippen molar-refractivity contribution in [2.75, 3.05) is 11.4 Å². The van der Waals surface area contributed by atoms with E-state index in [1.165, 1.54) is 4.88 Å². The first-order valence-corrected chi connectivity index (χ1v) is 8.21. The summed E-state index contributed by atoms with van der Waals surface area (Å²) in [5.41, 5.74) is 7.11. The highest BCUT2D eigenvalue weighted by atomic mass is 79.9. The Balaban J connectivity index is 2.02. The zero-order valence-corrected chi connectivity index (χ0v) is 13.9. The van der Waals surface area contributed by atoms with E-state index in [2.05, 4.69) is 59.3 Å². The smallest absolute Gasteiger partial charge is 0.196 e. The highest BCUT2D eigenvalue weighted by Gasteiger charge is 2.31. The molecule has 98 valence electrons. The van der Waals surface area contributed by atoms with E-state index < -0.39 is 0 Å². The fourth-order valence-corrected chi connectivity index (χ4v) is 4.29. The van der Waals surface area contributed by atoms with Gasteiger partial charge < -0.3 is 10.6 Å². The lowest BCUT2D eigenvalue weighted by atomic mass is 10.2. The summed E-state index contributed by atoms with van der Waals surface area (Å²) in [6.07, 6.45) is 0. The van der Waals surface area contributed by atoms with Gasteiger partial charge in [0.05, 0.1) is 12.6 Å². The van der Waals surface area contributed by atoms with Crippen molar-refractivity contribution in [1.82, 2.24) is 0 Å². The third kappa shape index (κ3) is 2.44. The van der Waals surface area contributed by atoms with Crippen LogP contribution < -0.4 is 10.6 Å². The van der Waals surface area contributed by atoms with Gasteiger partial charge in [-0.25, -0.2) is 0 Å². The molecule has 0 spiro atoms. The maximum absolute atomic E-state index is 6.06. The number of hydrogen-bond donors (Lipinski definition) is 1. The summed E-state index contributed by atoms with van der Waals surface area (Å²) in [6, 6.07) is 10.3. The second-order valence-corrected chi connectivity index (χ2v) is 6.92. The molecule has 1 aliphatic rings. The van der Waals surface area contributed by atoms with Gasteiger partial charge in [-0.3, -0.25) is 4.99 Å². The summed E-state index contributed by atoms with van der Waals surface area (Å²) >= 11 is 8.81. The third-order valence-electron chi connectivity index (χ3n) is 3.02. The molecule has 3 nitrogen and oxygen atoms in total. The molecule has 0 aliphatic carbocycles. The van der Waals surface area contributed by atoms with E-state index in [1.54, 1.807) is 11.3 Å². The maximum Gasteiger partial charge on any atom is 0.196 e. The SMILES string of the molecule is NC1=NCC(c2sccc2Br)N1c1cccc(Br)c1. The zero-order valence-electron chi connectivity index (χ0n) is 9.88. The molecule has 0 saturated carbocycles. The van der Waals surface area contributed by atoms with E-state index in [9.17, 15) is 0 Å². The molecule has 0 amide bonds. The predicted octanol–water partition coefficient (Wildman–Crippen LogP) is 4.15. The van der Waals surface area contributed by atoms with Crippen molar-refractivity contribution in [3.63, 3.8) is 0 Å². The molecule has 1 aromatic carbocycles. The van der Waals surface area contributed by atoms with Crippen molar-refractivity contribution in [3.8, 4) is 0 Å². The van der Waals surface area contributed by atoms with Crippen LogP contribution in [0.1, 0.15) is 10.9 Å². The zero-order chi connectivity index (χ0) is 13.4. The molecule has 19 heavy (non-hydrogen) atoms. The molecule has 1 aromatic heterocycles. The van der Waals surface area contributed by atoms with Gasteiger partial charge in [0.15, 0.2) is 5.96 Å². The molecule has 0 saturated heterocycles. The number of rotatable bonds is 2. The second-order valence-electron chi connectivity index (χ2n) is 4.20. The first-order valence-electron chi connectivity index (χ1n) is 5.74. The van der Waals surface area contributed by atoms with Gasteiger partial charge in [0.25, 0.3) is 0 Å². The molecule has 0 bridgehead atoms. The van der Waals surface area contributed by atoms with Crippen LogP contribution in [0.3, 0.4) is 0 Å². The fraction of sp³-hybridized carbons (Fsp3) is 0.154. The number of halogens is 2. The standard InChI is InChI=1S/C13H11Br2N3S/c14-8-2-1-3-9(6-8)18-11(7-17-13(18)16)12-10(15)4-5-19-12/h1-6,11H,7H2,(H2,16,17).